The SMILES string of the molecule is O=C(NCc1cccc(Cl)c1)C1=NN(C2CCS(=O)(=O)C2)C(=O)CC1. The van der Waals surface area contributed by atoms with E-state index >= 15 is 0 Å². The lowest BCUT2D eigenvalue weighted by atomic mass is 10.1. The molecule has 0 radical (unpaired) electrons. The fourth-order valence-corrected chi connectivity index (χ4v) is 4.82. The first-order chi connectivity index (χ1) is 11.8. The van der Waals surface area contributed by atoms with Crippen molar-refractivity contribution in [2.24, 2.45) is 5.10 Å². The van der Waals surface area contributed by atoms with Gasteiger partial charge in [0.25, 0.3) is 5.91 Å². The number of hydrogen-bond donors (Lipinski definition) is 1. The number of sulfone groups is 1. The predicted octanol–water partition coefficient (Wildman–Crippen LogP) is 1.12. The normalized spacial score (nSPS) is 22.6. The van der Waals surface area contributed by atoms with E-state index in [1.165, 1.54) is 5.01 Å². The van der Waals surface area contributed by atoms with Crippen molar-refractivity contribution < 1.29 is 18.0 Å². The molecule has 1 aromatic carbocycles. The lowest BCUT2D eigenvalue weighted by Crippen LogP contribution is -2.43. The minimum absolute atomic E-state index is 0.0489. The van der Waals surface area contributed by atoms with Crippen LogP contribution < -0.4 is 5.32 Å². The zero-order chi connectivity index (χ0) is 18.0. The van der Waals surface area contributed by atoms with Crippen molar-refractivity contribution in [2.75, 3.05) is 11.5 Å². The summed E-state index contributed by atoms with van der Waals surface area (Å²) in [4.78, 5) is 24.4. The summed E-state index contributed by atoms with van der Waals surface area (Å²) in [6.07, 6.45) is 0.755. The Balaban J connectivity index is 1.67. The number of carbonyl (C=O) groups is 2. The van der Waals surface area contributed by atoms with E-state index in [-0.39, 0.29) is 41.9 Å². The molecular formula is C16H18ClN3O4S. The minimum atomic E-state index is -3.13. The summed E-state index contributed by atoms with van der Waals surface area (Å²) in [5.74, 6) is -0.653. The third-order valence-electron chi connectivity index (χ3n) is 4.22. The Morgan fingerprint density at radius 3 is 2.84 bits per heavy atom. The summed E-state index contributed by atoms with van der Waals surface area (Å²) in [6, 6.07) is 6.66. The van der Waals surface area contributed by atoms with E-state index in [2.05, 4.69) is 10.4 Å². The van der Waals surface area contributed by atoms with Crippen LogP contribution in [0.25, 0.3) is 0 Å². The van der Waals surface area contributed by atoms with E-state index in [4.69, 9.17) is 11.6 Å². The van der Waals surface area contributed by atoms with Gasteiger partial charge in [-0.15, -0.1) is 0 Å². The summed E-state index contributed by atoms with van der Waals surface area (Å²) in [5, 5.41) is 8.66. The Morgan fingerprint density at radius 1 is 1.36 bits per heavy atom. The monoisotopic (exact) mass is 383 g/mol. The van der Waals surface area contributed by atoms with Crippen molar-refractivity contribution in [1.82, 2.24) is 10.3 Å². The topological polar surface area (TPSA) is 95.9 Å². The van der Waals surface area contributed by atoms with Crippen LogP contribution in [0.5, 0.6) is 0 Å². The molecular weight excluding hydrogens is 366 g/mol. The highest BCUT2D eigenvalue weighted by atomic mass is 35.5. The van der Waals surface area contributed by atoms with Crippen LogP contribution >= 0.6 is 11.6 Å². The number of halogens is 1. The van der Waals surface area contributed by atoms with Crippen molar-refractivity contribution in [3.05, 3.63) is 34.9 Å². The quantitative estimate of drug-likeness (QED) is 0.842. The largest absolute Gasteiger partial charge is 0.347 e. The van der Waals surface area contributed by atoms with Gasteiger partial charge in [-0.25, -0.2) is 13.4 Å². The molecule has 2 aliphatic rings. The van der Waals surface area contributed by atoms with Crippen LogP contribution in [0, 0.1) is 0 Å². The molecule has 1 N–H and O–H groups in total. The van der Waals surface area contributed by atoms with Gasteiger partial charge in [-0.05, 0) is 24.1 Å². The van der Waals surface area contributed by atoms with Crippen molar-refractivity contribution in [3.63, 3.8) is 0 Å². The zero-order valence-corrected chi connectivity index (χ0v) is 15.0. The molecule has 1 saturated heterocycles. The van der Waals surface area contributed by atoms with E-state index in [1.807, 2.05) is 6.07 Å². The van der Waals surface area contributed by atoms with Crippen LogP contribution in [0.15, 0.2) is 29.4 Å². The third-order valence-corrected chi connectivity index (χ3v) is 6.20. The summed E-state index contributed by atoms with van der Waals surface area (Å²) in [6.45, 7) is 0.296. The molecule has 3 rings (SSSR count). The lowest BCUT2D eigenvalue weighted by Gasteiger charge is -2.27. The molecule has 0 spiro atoms. The van der Waals surface area contributed by atoms with Crippen molar-refractivity contribution in [1.29, 1.82) is 0 Å². The summed E-state index contributed by atoms with van der Waals surface area (Å²) in [7, 11) is -3.13. The number of amides is 2. The van der Waals surface area contributed by atoms with Crippen molar-refractivity contribution in [3.8, 4) is 0 Å². The molecule has 1 aromatic rings. The van der Waals surface area contributed by atoms with E-state index < -0.39 is 15.9 Å². The van der Waals surface area contributed by atoms with Crippen molar-refractivity contribution >= 4 is 39.0 Å². The lowest BCUT2D eigenvalue weighted by molar-refractivity contribution is -0.133. The molecule has 2 heterocycles. The van der Waals surface area contributed by atoms with Gasteiger partial charge in [-0.1, -0.05) is 23.7 Å². The Morgan fingerprint density at radius 2 is 2.16 bits per heavy atom. The molecule has 2 amide bonds. The van der Waals surface area contributed by atoms with Crippen LogP contribution in [0.2, 0.25) is 5.02 Å². The van der Waals surface area contributed by atoms with E-state index in [9.17, 15) is 18.0 Å². The third kappa shape index (κ3) is 4.38. The molecule has 25 heavy (non-hydrogen) atoms. The first kappa shape index (κ1) is 17.9. The van der Waals surface area contributed by atoms with Gasteiger partial charge in [0.05, 0.1) is 17.5 Å². The first-order valence-corrected chi connectivity index (χ1v) is 10.2. The molecule has 9 heteroatoms. The van der Waals surface area contributed by atoms with E-state index in [0.717, 1.165) is 5.56 Å². The molecule has 1 atom stereocenters. The molecule has 0 aromatic heterocycles. The van der Waals surface area contributed by atoms with Crippen LogP contribution in [-0.2, 0) is 26.0 Å². The highest BCUT2D eigenvalue weighted by molar-refractivity contribution is 7.91. The molecule has 1 fully saturated rings. The fourth-order valence-electron chi connectivity index (χ4n) is 2.92. The van der Waals surface area contributed by atoms with Gasteiger partial charge in [0, 0.05) is 24.4 Å². The molecule has 0 aliphatic carbocycles. The molecule has 1 unspecified atom stereocenters. The maximum atomic E-state index is 12.3. The summed E-state index contributed by atoms with van der Waals surface area (Å²) < 4.78 is 23.2. The van der Waals surface area contributed by atoms with Crippen LogP contribution in [0.1, 0.15) is 24.8 Å². The fraction of sp³-hybridized carbons (Fsp3) is 0.438. The maximum Gasteiger partial charge on any atom is 0.267 e. The summed E-state index contributed by atoms with van der Waals surface area (Å²) in [5.41, 5.74) is 1.10. The van der Waals surface area contributed by atoms with Gasteiger partial charge in [-0.3, -0.25) is 9.59 Å². The van der Waals surface area contributed by atoms with Gasteiger partial charge >= 0.3 is 0 Å². The van der Waals surface area contributed by atoms with Crippen LogP contribution in [0.3, 0.4) is 0 Å². The Labute approximate surface area is 150 Å². The number of rotatable bonds is 4. The Kier molecular flexibility index (Phi) is 5.10. The van der Waals surface area contributed by atoms with Crippen LogP contribution in [-0.4, -0.2) is 48.5 Å². The molecule has 134 valence electrons. The first-order valence-electron chi connectivity index (χ1n) is 7.97. The Hall–Kier alpha value is -1.93. The van der Waals surface area contributed by atoms with Gasteiger partial charge < -0.3 is 5.32 Å². The van der Waals surface area contributed by atoms with Gasteiger partial charge in [0.2, 0.25) is 5.91 Å². The molecule has 2 aliphatic heterocycles. The molecule has 0 saturated carbocycles. The molecule has 7 nitrogen and oxygen atoms in total. The average molecular weight is 384 g/mol. The number of hydrogen-bond acceptors (Lipinski definition) is 5. The maximum absolute atomic E-state index is 12.3. The van der Waals surface area contributed by atoms with Gasteiger partial charge in [0.1, 0.15) is 5.71 Å². The smallest absolute Gasteiger partial charge is 0.267 e. The standard InChI is InChI=1S/C16H18ClN3O4S/c17-12-3-1-2-11(8-12)9-18-16(22)14-4-5-15(21)20(19-14)13-6-7-25(23,24)10-13/h1-3,8,13H,4-7,9-10H2,(H,18,22). The second-order valence-electron chi connectivity index (χ2n) is 6.15. The van der Waals surface area contributed by atoms with E-state index in [1.54, 1.807) is 18.2 Å². The minimum Gasteiger partial charge on any atom is -0.347 e. The second-order valence-corrected chi connectivity index (χ2v) is 8.82. The zero-order valence-electron chi connectivity index (χ0n) is 13.4. The number of hydrazone groups is 1. The number of benzene rings is 1. The van der Waals surface area contributed by atoms with Crippen molar-refractivity contribution in [2.45, 2.75) is 31.8 Å². The number of nitrogens with one attached hydrogen (secondary N) is 1. The number of carbonyl (C=O) groups excluding carboxylic acids is 2. The average Bonchev–Trinajstić information content (AvgIpc) is 2.93. The second kappa shape index (κ2) is 7.13. The van der Waals surface area contributed by atoms with Gasteiger partial charge in [0.15, 0.2) is 9.84 Å². The number of nitrogens with zero attached hydrogens (tertiary/aromatic N) is 2. The summed E-state index contributed by atoms with van der Waals surface area (Å²) >= 11 is 5.91. The predicted molar refractivity (Wildman–Crippen MR) is 93.9 cm³/mol. The highest BCUT2D eigenvalue weighted by Gasteiger charge is 2.37. The highest BCUT2D eigenvalue weighted by Crippen LogP contribution is 2.22. The Bertz CT molecular complexity index is 838. The molecule has 0 bridgehead atoms. The van der Waals surface area contributed by atoms with E-state index in [0.29, 0.717) is 18.0 Å². The van der Waals surface area contributed by atoms with Gasteiger partial charge in [-0.2, -0.15) is 5.10 Å². The van der Waals surface area contributed by atoms with Crippen LogP contribution in [0.4, 0.5) is 0 Å².